The third kappa shape index (κ3) is 2.68. The summed E-state index contributed by atoms with van der Waals surface area (Å²) in [5, 5.41) is 9.87. The molecule has 104 valence electrons. The molecule has 1 N–H and O–H groups in total. The van der Waals surface area contributed by atoms with Gasteiger partial charge in [-0.25, -0.2) is 9.78 Å². The Morgan fingerprint density at radius 1 is 1.15 bits per heavy atom. The Morgan fingerprint density at radius 2 is 1.80 bits per heavy atom. The molecule has 7 heteroatoms. The van der Waals surface area contributed by atoms with E-state index < -0.39 is 5.97 Å². The number of aromatic carboxylic acids is 1. The molecule has 0 radical (unpaired) electrons. The first-order valence-corrected chi connectivity index (χ1v) is 6.51. The molecule has 0 atom stereocenters. The Morgan fingerprint density at radius 3 is 2.40 bits per heavy atom. The summed E-state index contributed by atoms with van der Waals surface area (Å²) in [6.45, 7) is 0. The second-order valence-corrected chi connectivity index (χ2v) is 4.97. The van der Waals surface area contributed by atoms with Gasteiger partial charge in [0.15, 0.2) is 5.69 Å². The van der Waals surface area contributed by atoms with Crippen molar-refractivity contribution in [3.63, 3.8) is 0 Å². The van der Waals surface area contributed by atoms with Crippen LogP contribution in [0.5, 0.6) is 5.88 Å². The van der Waals surface area contributed by atoms with Gasteiger partial charge in [0.1, 0.15) is 0 Å². The Bertz CT molecular complexity index is 689. The summed E-state index contributed by atoms with van der Waals surface area (Å²) in [4.78, 5) is 14.8. The number of ether oxygens (including phenoxy) is 1. The molecule has 0 bridgehead atoms. The van der Waals surface area contributed by atoms with Crippen LogP contribution in [0, 0.1) is 0 Å². The van der Waals surface area contributed by atoms with Gasteiger partial charge in [0, 0.05) is 11.1 Å². The predicted octanol–water partition coefficient (Wildman–Crippen LogP) is 4.42. The van der Waals surface area contributed by atoms with Crippen LogP contribution in [0.3, 0.4) is 0 Å². The van der Waals surface area contributed by atoms with Crippen LogP contribution in [-0.4, -0.2) is 23.2 Å². The number of carboxylic acid groups (broad SMARTS) is 1. The third-order valence-electron chi connectivity index (χ3n) is 2.59. The van der Waals surface area contributed by atoms with Gasteiger partial charge in [-0.1, -0.05) is 34.8 Å². The first-order valence-electron chi connectivity index (χ1n) is 5.38. The number of rotatable bonds is 3. The van der Waals surface area contributed by atoms with Crippen molar-refractivity contribution in [2.45, 2.75) is 0 Å². The van der Waals surface area contributed by atoms with E-state index in [1.165, 1.54) is 19.2 Å². The molecule has 2 aromatic rings. The summed E-state index contributed by atoms with van der Waals surface area (Å²) in [5.41, 5.74) is 0.775. The molecule has 1 aromatic heterocycles. The molecule has 0 amide bonds. The first-order chi connectivity index (χ1) is 9.45. The molecule has 0 aliphatic carbocycles. The molecule has 2 rings (SSSR count). The Hall–Kier alpha value is -1.49. The van der Waals surface area contributed by atoms with Crippen molar-refractivity contribution in [3.8, 4) is 17.0 Å². The molecule has 0 aliphatic rings. The Balaban J connectivity index is 2.70. The van der Waals surface area contributed by atoms with Gasteiger partial charge in [0.2, 0.25) is 5.88 Å². The molecule has 0 fully saturated rings. The summed E-state index contributed by atoms with van der Waals surface area (Å²) < 4.78 is 5.11. The van der Waals surface area contributed by atoms with Crippen molar-refractivity contribution >= 4 is 40.8 Å². The predicted molar refractivity (Wildman–Crippen MR) is 78.2 cm³/mol. The van der Waals surface area contributed by atoms with Gasteiger partial charge in [-0.3, -0.25) is 0 Å². The molecular weight excluding hydrogens is 325 g/mol. The lowest BCUT2D eigenvalue weighted by molar-refractivity contribution is 0.0689. The second kappa shape index (κ2) is 5.87. The summed E-state index contributed by atoms with van der Waals surface area (Å²) in [6, 6.07) is 6.03. The van der Waals surface area contributed by atoms with E-state index in [1.54, 1.807) is 12.1 Å². The molecule has 0 saturated carbocycles. The number of methoxy groups -OCH3 is 1. The minimum Gasteiger partial charge on any atom is -0.481 e. The molecule has 1 aromatic carbocycles. The number of aromatic nitrogens is 1. The van der Waals surface area contributed by atoms with Gasteiger partial charge in [0.05, 0.1) is 22.2 Å². The van der Waals surface area contributed by atoms with Crippen molar-refractivity contribution in [3.05, 3.63) is 45.0 Å². The fraction of sp³-hybridized carbons (Fsp3) is 0.0769. The molecule has 4 nitrogen and oxygen atoms in total. The van der Waals surface area contributed by atoms with E-state index in [0.717, 1.165) is 0 Å². The number of halogens is 3. The highest BCUT2D eigenvalue weighted by molar-refractivity contribution is 6.46. The highest BCUT2D eigenvalue weighted by Gasteiger charge is 2.18. The SMILES string of the molecule is COc1nc(C(=O)O)ccc1-c1c(Cl)ccc(Cl)c1Cl. The van der Waals surface area contributed by atoms with E-state index in [-0.39, 0.29) is 16.6 Å². The molecule has 0 saturated heterocycles. The van der Waals surface area contributed by atoms with Gasteiger partial charge in [0.25, 0.3) is 0 Å². The maximum absolute atomic E-state index is 10.9. The van der Waals surface area contributed by atoms with Crippen LogP contribution in [0.15, 0.2) is 24.3 Å². The highest BCUT2D eigenvalue weighted by Crippen LogP contribution is 2.42. The fourth-order valence-electron chi connectivity index (χ4n) is 1.68. The number of nitrogens with zero attached hydrogens (tertiary/aromatic N) is 1. The lowest BCUT2D eigenvalue weighted by Gasteiger charge is -2.12. The fourth-order valence-corrected chi connectivity index (χ4v) is 2.41. The largest absolute Gasteiger partial charge is 0.481 e. The second-order valence-electron chi connectivity index (χ2n) is 3.78. The van der Waals surface area contributed by atoms with Gasteiger partial charge in [-0.15, -0.1) is 0 Å². The van der Waals surface area contributed by atoms with E-state index in [0.29, 0.717) is 21.2 Å². The lowest BCUT2D eigenvalue weighted by Crippen LogP contribution is -2.03. The maximum atomic E-state index is 10.9. The monoisotopic (exact) mass is 331 g/mol. The van der Waals surface area contributed by atoms with Crippen molar-refractivity contribution in [2.24, 2.45) is 0 Å². The summed E-state index contributed by atoms with van der Waals surface area (Å²) in [5.74, 6) is -1.05. The molecule has 20 heavy (non-hydrogen) atoms. The quantitative estimate of drug-likeness (QED) is 0.845. The first kappa shape index (κ1) is 14.9. The normalized spacial score (nSPS) is 10.4. The maximum Gasteiger partial charge on any atom is 0.354 e. The average Bonchev–Trinajstić information content (AvgIpc) is 2.43. The van der Waals surface area contributed by atoms with E-state index in [2.05, 4.69) is 4.98 Å². The van der Waals surface area contributed by atoms with Crippen molar-refractivity contribution < 1.29 is 14.6 Å². The van der Waals surface area contributed by atoms with Crippen LogP contribution >= 0.6 is 34.8 Å². The lowest BCUT2D eigenvalue weighted by atomic mass is 10.1. The van der Waals surface area contributed by atoms with Crippen LogP contribution in [0.1, 0.15) is 10.5 Å². The molecule has 1 heterocycles. The molecule has 0 spiro atoms. The minimum atomic E-state index is -1.15. The average molecular weight is 333 g/mol. The molecular formula is C13H8Cl3NO3. The number of hydrogen-bond donors (Lipinski definition) is 1. The number of hydrogen-bond acceptors (Lipinski definition) is 3. The van der Waals surface area contributed by atoms with Gasteiger partial charge >= 0.3 is 5.97 Å². The van der Waals surface area contributed by atoms with Gasteiger partial charge in [-0.05, 0) is 24.3 Å². The van der Waals surface area contributed by atoms with Crippen LogP contribution in [-0.2, 0) is 0 Å². The van der Waals surface area contributed by atoms with E-state index in [4.69, 9.17) is 44.6 Å². The van der Waals surface area contributed by atoms with Crippen LogP contribution in [0.25, 0.3) is 11.1 Å². The Kier molecular flexibility index (Phi) is 4.38. The van der Waals surface area contributed by atoms with E-state index in [9.17, 15) is 4.79 Å². The summed E-state index contributed by atoms with van der Waals surface area (Å²) in [6.07, 6.45) is 0. The smallest absolute Gasteiger partial charge is 0.354 e. The number of carboxylic acids is 1. The summed E-state index contributed by atoms with van der Waals surface area (Å²) >= 11 is 18.2. The zero-order valence-electron chi connectivity index (χ0n) is 10.2. The zero-order chi connectivity index (χ0) is 14.9. The standard InChI is InChI=1S/C13H8Cl3NO3/c1-20-12-6(2-5-9(17-12)13(18)19)10-7(14)3-4-8(15)11(10)16/h2-5H,1H3,(H,18,19). The number of carbonyl (C=O) groups is 1. The van der Waals surface area contributed by atoms with Crippen molar-refractivity contribution in [1.29, 1.82) is 0 Å². The van der Waals surface area contributed by atoms with Crippen LogP contribution < -0.4 is 4.74 Å². The Labute approximate surface area is 129 Å². The van der Waals surface area contributed by atoms with Crippen molar-refractivity contribution in [2.75, 3.05) is 7.11 Å². The summed E-state index contributed by atoms with van der Waals surface area (Å²) in [7, 11) is 1.38. The topological polar surface area (TPSA) is 59.4 Å². The number of pyridine rings is 1. The number of benzene rings is 1. The minimum absolute atomic E-state index is 0.107. The van der Waals surface area contributed by atoms with Crippen LogP contribution in [0.4, 0.5) is 0 Å². The third-order valence-corrected chi connectivity index (χ3v) is 3.71. The molecule has 0 aliphatic heterocycles. The zero-order valence-corrected chi connectivity index (χ0v) is 12.4. The van der Waals surface area contributed by atoms with E-state index in [1.807, 2.05) is 0 Å². The molecule has 0 unspecified atom stereocenters. The van der Waals surface area contributed by atoms with Gasteiger partial charge in [-0.2, -0.15) is 0 Å². The van der Waals surface area contributed by atoms with E-state index >= 15 is 0 Å². The van der Waals surface area contributed by atoms with Crippen molar-refractivity contribution in [1.82, 2.24) is 4.98 Å². The highest BCUT2D eigenvalue weighted by atomic mass is 35.5. The van der Waals surface area contributed by atoms with Crippen LogP contribution in [0.2, 0.25) is 15.1 Å². The van der Waals surface area contributed by atoms with Gasteiger partial charge < -0.3 is 9.84 Å².